The van der Waals surface area contributed by atoms with Crippen molar-refractivity contribution >= 4 is 17.8 Å². The first-order valence-electron chi connectivity index (χ1n) is 15.1. The van der Waals surface area contributed by atoms with E-state index < -0.39 is 5.97 Å². The number of carbonyl (C=O) groups is 3. The topological polar surface area (TPSA) is 90.4 Å². The molecule has 0 atom stereocenters. The van der Waals surface area contributed by atoms with Crippen molar-refractivity contribution in [1.82, 2.24) is 14.7 Å². The third-order valence-corrected chi connectivity index (χ3v) is 7.64. The monoisotopic (exact) mass is 607 g/mol. The number of carboxylic acids is 1. The normalized spacial score (nSPS) is 10.8. The first kappa shape index (κ1) is 33.0. The number of amides is 2. The van der Waals surface area contributed by atoms with Gasteiger partial charge in [0.05, 0.1) is 13.5 Å². The zero-order valence-corrected chi connectivity index (χ0v) is 26.2. The van der Waals surface area contributed by atoms with Gasteiger partial charge in [0.1, 0.15) is 5.75 Å². The molecule has 0 spiro atoms. The van der Waals surface area contributed by atoms with E-state index in [1.165, 1.54) is 0 Å². The first-order chi connectivity index (χ1) is 21.8. The second kappa shape index (κ2) is 16.2. The molecule has 8 heteroatoms. The van der Waals surface area contributed by atoms with Crippen LogP contribution in [0.2, 0.25) is 0 Å². The van der Waals surface area contributed by atoms with E-state index in [2.05, 4.69) is 0 Å². The molecule has 0 aromatic heterocycles. The van der Waals surface area contributed by atoms with E-state index in [-0.39, 0.29) is 24.8 Å². The van der Waals surface area contributed by atoms with E-state index in [0.717, 1.165) is 16.9 Å². The van der Waals surface area contributed by atoms with Crippen LogP contribution in [0.15, 0.2) is 103 Å². The highest BCUT2D eigenvalue weighted by molar-refractivity contribution is 6.06. The lowest BCUT2D eigenvalue weighted by molar-refractivity contribution is -0.137. The van der Waals surface area contributed by atoms with Crippen molar-refractivity contribution in [3.05, 3.63) is 125 Å². The molecule has 234 valence electrons. The number of nitrogens with zero attached hydrogens (tertiary/aromatic N) is 3. The van der Waals surface area contributed by atoms with Gasteiger partial charge in [0, 0.05) is 43.9 Å². The molecule has 0 saturated carbocycles. The van der Waals surface area contributed by atoms with Crippen LogP contribution in [0.3, 0.4) is 0 Å². The first-order valence-corrected chi connectivity index (χ1v) is 15.1. The average molecular weight is 608 g/mol. The Bertz CT molecular complexity index is 1570. The summed E-state index contributed by atoms with van der Waals surface area (Å²) in [5.41, 5.74) is 4.24. The molecule has 0 fully saturated rings. The number of methoxy groups -OCH3 is 1. The van der Waals surface area contributed by atoms with Gasteiger partial charge in [-0.15, -0.1) is 0 Å². The number of rotatable bonds is 15. The summed E-state index contributed by atoms with van der Waals surface area (Å²) >= 11 is 0. The number of ether oxygens (including phenoxy) is 1. The number of carboxylic acid groups (broad SMARTS) is 1. The molecule has 4 aromatic carbocycles. The minimum atomic E-state index is -0.974. The summed E-state index contributed by atoms with van der Waals surface area (Å²) in [7, 11) is 5.56. The van der Waals surface area contributed by atoms with Gasteiger partial charge in [0.15, 0.2) is 0 Å². The molecule has 0 unspecified atom stereocenters. The number of hydrogen-bond donors (Lipinski definition) is 1. The van der Waals surface area contributed by atoms with Crippen molar-refractivity contribution in [2.24, 2.45) is 0 Å². The van der Waals surface area contributed by atoms with Crippen molar-refractivity contribution < 1.29 is 24.2 Å². The minimum absolute atomic E-state index is 0.0641. The van der Waals surface area contributed by atoms with Gasteiger partial charge in [-0.25, -0.2) is 0 Å². The summed E-state index contributed by atoms with van der Waals surface area (Å²) in [5.74, 6) is -0.640. The van der Waals surface area contributed by atoms with Crippen molar-refractivity contribution in [3.8, 4) is 16.9 Å². The van der Waals surface area contributed by atoms with Crippen LogP contribution in [0.5, 0.6) is 5.75 Å². The Balaban J connectivity index is 1.66. The molecule has 0 aliphatic heterocycles. The van der Waals surface area contributed by atoms with Gasteiger partial charge >= 0.3 is 5.97 Å². The second-order valence-corrected chi connectivity index (χ2v) is 11.1. The highest BCUT2D eigenvalue weighted by atomic mass is 16.5. The fourth-order valence-corrected chi connectivity index (χ4v) is 5.13. The number of likely N-dealkylation sites (N-methyl/N-ethyl adjacent to an activating group) is 1. The lowest BCUT2D eigenvalue weighted by atomic mass is 9.93. The van der Waals surface area contributed by atoms with Gasteiger partial charge < -0.3 is 24.5 Å². The van der Waals surface area contributed by atoms with E-state index in [0.29, 0.717) is 54.9 Å². The molecule has 8 nitrogen and oxygen atoms in total. The van der Waals surface area contributed by atoms with E-state index in [4.69, 9.17) is 4.74 Å². The fourth-order valence-electron chi connectivity index (χ4n) is 5.13. The molecule has 0 heterocycles. The molecule has 1 N–H and O–H groups in total. The van der Waals surface area contributed by atoms with Crippen LogP contribution in [-0.2, 0) is 17.8 Å². The summed E-state index contributed by atoms with van der Waals surface area (Å²) in [5, 5.41) is 9.43. The van der Waals surface area contributed by atoms with Gasteiger partial charge in [-0.1, -0.05) is 78.9 Å². The molecule has 0 saturated heterocycles. The quantitative estimate of drug-likeness (QED) is 0.186. The van der Waals surface area contributed by atoms with Crippen molar-refractivity contribution in [2.45, 2.75) is 19.4 Å². The standard InChI is InChI=1S/C37H41N3O5/c1-38(2)25-26-40(27-29-11-5-4-6-12-29)37(44)34-16-10-8-14-32(34)31-13-7-9-15-33(31)36(43)39(24-22-35(41)42)23-21-28-17-19-30(45-3)20-18-28/h4-20H,21-27H2,1-3H3,(H,41,42). The largest absolute Gasteiger partial charge is 0.497 e. The Kier molecular flexibility index (Phi) is 11.9. The maximum Gasteiger partial charge on any atom is 0.305 e. The Hall–Kier alpha value is -4.95. The van der Waals surface area contributed by atoms with E-state index in [1.54, 1.807) is 30.2 Å². The zero-order chi connectivity index (χ0) is 32.2. The van der Waals surface area contributed by atoms with Crippen molar-refractivity contribution in [2.75, 3.05) is 47.4 Å². The number of benzene rings is 4. The summed E-state index contributed by atoms with van der Waals surface area (Å²) in [4.78, 5) is 45.3. The van der Waals surface area contributed by atoms with Gasteiger partial charge in [-0.05, 0) is 67.0 Å². The van der Waals surface area contributed by atoms with Crippen LogP contribution in [-0.4, -0.2) is 85.0 Å². The smallest absolute Gasteiger partial charge is 0.305 e. The molecular weight excluding hydrogens is 566 g/mol. The van der Waals surface area contributed by atoms with Crippen molar-refractivity contribution in [3.63, 3.8) is 0 Å². The summed E-state index contributed by atoms with van der Waals surface area (Å²) in [6.07, 6.45) is 0.374. The van der Waals surface area contributed by atoms with E-state index in [9.17, 15) is 19.5 Å². The van der Waals surface area contributed by atoms with Crippen LogP contribution < -0.4 is 4.74 Å². The lowest BCUT2D eigenvalue weighted by Gasteiger charge is -2.27. The predicted octanol–water partition coefficient (Wildman–Crippen LogP) is 5.73. The molecular formula is C37H41N3O5. The van der Waals surface area contributed by atoms with Gasteiger partial charge in [0.25, 0.3) is 11.8 Å². The maximum atomic E-state index is 14.2. The van der Waals surface area contributed by atoms with Crippen LogP contribution in [0, 0.1) is 0 Å². The molecule has 0 bridgehead atoms. The lowest BCUT2D eigenvalue weighted by Crippen LogP contribution is -2.36. The van der Waals surface area contributed by atoms with Crippen LogP contribution in [0.1, 0.15) is 38.3 Å². The Labute approximate surface area is 265 Å². The van der Waals surface area contributed by atoms with Gasteiger partial charge in [-0.2, -0.15) is 0 Å². The van der Waals surface area contributed by atoms with E-state index >= 15 is 0 Å². The molecule has 2 amide bonds. The van der Waals surface area contributed by atoms with Gasteiger partial charge in [0.2, 0.25) is 0 Å². The Morgan fingerprint density at radius 1 is 0.622 bits per heavy atom. The third-order valence-electron chi connectivity index (χ3n) is 7.64. The highest BCUT2D eigenvalue weighted by Crippen LogP contribution is 2.30. The van der Waals surface area contributed by atoms with Crippen LogP contribution in [0.4, 0.5) is 0 Å². The molecule has 0 aliphatic rings. The minimum Gasteiger partial charge on any atom is -0.497 e. The van der Waals surface area contributed by atoms with Crippen LogP contribution >= 0.6 is 0 Å². The molecule has 4 aromatic rings. The zero-order valence-electron chi connectivity index (χ0n) is 26.2. The van der Waals surface area contributed by atoms with Crippen LogP contribution in [0.25, 0.3) is 11.1 Å². The maximum absolute atomic E-state index is 14.2. The molecule has 45 heavy (non-hydrogen) atoms. The Morgan fingerprint density at radius 2 is 1.18 bits per heavy atom. The summed E-state index contributed by atoms with van der Waals surface area (Å²) in [6.45, 7) is 2.08. The highest BCUT2D eigenvalue weighted by Gasteiger charge is 2.25. The van der Waals surface area contributed by atoms with Gasteiger partial charge in [-0.3, -0.25) is 14.4 Å². The Morgan fingerprint density at radius 3 is 1.73 bits per heavy atom. The third kappa shape index (κ3) is 9.27. The number of aliphatic carboxylic acids is 1. The van der Waals surface area contributed by atoms with E-state index in [1.807, 2.05) is 109 Å². The summed E-state index contributed by atoms with van der Waals surface area (Å²) in [6, 6.07) is 32.1. The van der Waals surface area contributed by atoms with Crippen molar-refractivity contribution in [1.29, 1.82) is 0 Å². The molecule has 0 aliphatic carbocycles. The average Bonchev–Trinajstić information content (AvgIpc) is 3.06. The second-order valence-electron chi connectivity index (χ2n) is 11.1. The fraction of sp³-hybridized carbons (Fsp3) is 0.270. The molecule has 4 rings (SSSR count). The number of hydrogen-bond acceptors (Lipinski definition) is 5. The summed E-state index contributed by atoms with van der Waals surface area (Å²) < 4.78 is 5.25. The number of carbonyl (C=O) groups excluding carboxylic acids is 2. The predicted molar refractivity (Wildman–Crippen MR) is 176 cm³/mol. The SMILES string of the molecule is COc1ccc(CCN(CCC(=O)O)C(=O)c2ccccc2-c2ccccc2C(=O)N(CCN(C)C)Cc2ccccc2)cc1. The molecule has 0 radical (unpaired) electrons.